The molecule has 0 fully saturated rings. The Morgan fingerprint density at radius 1 is 1.07 bits per heavy atom. The number of carbonyl (C=O) groups is 2. The van der Waals surface area contributed by atoms with Crippen molar-refractivity contribution in [2.45, 2.75) is 6.92 Å². The molecule has 0 aliphatic carbocycles. The molecule has 0 spiro atoms. The molecule has 0 saturated heterocycles. The van der Waals surface area contributed by atoms with E-state index in [1.807, 2.05) is 25.1 Å². The molecule has 3 aromatic heterocycles. The highest BCUT2D eigenvalue weighted by Crippen LogP contribution is 2.31. The number of hydrogen-bond acceptors (Lipinski definition) is 6. The SMILES string of the molecule is Cc1ccncc1-c1cc(N)c2cnc(NC(=O)C(=O)Nc3cnn(C)c3)cc2c1. The van der Waals surface area contributed by atoms with Gasteiger partial charge in [0.05, 0.1) is 11.9 Å². The number of aromatic nitrogens is 4. The van der Waals surface area contributed by atoms with Gasteiger partial charge in [0, 0.05) is 48.5 Å². The number of nitrogens with two attached hydrogens (primary N) is 1. The van der Waals surface area contributed by atoms with Gasteiger partial charge in [0.2, 0.25) is 0 Å². The zero-order valence-electron chi connectivity index (χ0n) is 16.4. The van der Waals surface area contributed by atoms with Crippen LogP contribution < -0.4 is 16.4 Å². The van der Waals surface area contributed by atoms with Crippen LogP contribution in [0, 0.1) is 6.92 Å². The van der Waals surface area contributed by atoms with Crippen molar-refractivity contribution in [1.29, 1.82) is 0 Å². The van der Waals surface area contributed by atoms with Crippen molar-refractivity contribution in [2.24, 2.45) is 7.05 Å². The van der Waals surface area contributed by atoms with E-state index in [1.54, 1.807) is 37.9 Å². The number of nitrogen functional groups attached to an aromatic ring is 1. The van der Waals surface area contributed by atoms with Crippen LogP contribution in [0.3, 0.4) is 0 Å². The van der Waals surface area contributed by atoms with Gasteiger partial charge in [-0.2, -0.15) is 5.10 Å². The molecule has 0 saturated carbocycles. The van der Waals surface area contributed by atoms with Gasteiger partial charge < -0.3 is 16.4 Å². The summed E-state index contributed by atoms with van der Waals surface area (Å²) in [5.41, 5.74) is 10.1. The quantitative estimate of drug-likeness (QED) is 0.357. The Kier molecular flexibility index (Phi) is 4.85. The van der Waals surface area contributed by atoms with Gasteiger partial charge in [0.1, 0.15) is 5.82 Å². The van der Waals surface area contributed by atoms with E-state index in [9.17, 15) is 9.59 Å². The van der Waals surface area contributed by atoms with E-state index in [-0.39, 0.29) is 5.82 Å². The van der Waals surface area contributed by atoms with Crippen LogP contribution in [-0.2, 0) is 16.6 Å². The molecular weight excluding hydrogens is 382 g/mol. The van der Waals surface area contributed by atoms with Crippen LogP contribution in [0.15, 0.2) is 55.2 Å². The molecule has 1 aromatic carbocycles. The fraction of sp³-hybridized carbons (Fsp3) is 0.0952. The molecule has 2 amide bonds. The molecule has 0 bridgehead atoms. The van der Waals surface area contributed by atoms with Crippen molar-refractivity contribution in [2.75, 3.05) is 16.4 Å². The van der Waals surface area contributed by atoms with Crippen LogP contribution in [0.1, 0.15) is 5.56 Å². The lowest BCUT2D eigenvalue weighted by atomic mass is 9.99. The second-order valence-electron chi connectivity index (χ2n) is 6.86. The predicted octanol–water partition coefficient (Wildman–Crippen LogP) is 2.50. The van der Waals surface area contributed by atoms with Crippen molar-refractivity contribution >= 4 is 39.8 Å². The molecule has 0 atom stereocenters. The lowest BCUT2D eigenvalue weighted by Crippen LogP contribution is -2.29. The number of hydrogen-bond donors (Lipinski definition) is 3. The van der Waals surface area contributed by atoms with Crippen LogP contribution in [0.2, 0.25) is 0 Å². The number of carbonyl (C=O) groups excluding carboxylic acids is 2. The van der Waals surface area contributed by atoms with Crippen LogP contribution in [-0.4, -0.2) is 31.6 Å². The lowest BCUT2D eigenvalue weighted by Gasteiger charge is -2.11. The van der Waals surface area contributed by atoms with Gasteiger partial charge in [-0.05, 0) is 47.7 Å². The molecule has 0 aliphatic heterocycles. The van der Waals surface area contributed by atoms with E-state index in [2.05, 4.69) is 25.7 Å². The normalized spacial score (nSPS) is 10.7. The number of fused-ring (bicyclic) bond motifs is 1. The Labute approximate surface area is 171 Å². The first-order valence-corrected chi connectivity index (χ1v) is 9.12. The molecule has 0 radical (unpaired) electrons. The highest BCUT2D eigenvalue weighted by atomic mass is 16.2. The third-order valence-electron chi connectivity index (χ3n) is 4.63. The van der Waals surface area contributed by atoms with E-state index < -0.39 is 11.8 Å². The number of nitrogens with one attached hydrogen (secondary N) is 2. The van der Waals surface area contributed by atoms with Gasteiger partial charge >= 0.3 is 11.8 Å². The number of rotatable bonds is 3. The summed E-state index contributed by atoms with van der Waals surface area (Å²) in [6, 6.07) is 7.42. The van der Waals surface area contributed by atoms with E-state index in [0.29, 0.717) is 11.4 Å². The van der Waals surface area contributed by atoms with Crippen LogP contribution in [0.5, 0.6) is 0 Å². The Hall–Kier alpha value is -4.27. The van der Waals surface area contributed by atoms with Gasteiger partial charge in [-0.1, -0.05) is 0 Å². The third kappa shape index (κ3) is 3.81. The average molecular weight is 401 g/mol. The minimum atomic E-state index is -0.835. The molecule has 30 heavy (non-hydrogen) atoms. The first-order chi connectivity index (χ1) is 14.4. The van der Waals surface area contributed by atoms with E-state index in [0.717, 1.165) is 27.5 Å². The monoisotopic (exact) mass is 401 g/mol. The second-order valence-corrected chi connectivity index (χ2v) is 6.86. The summed E-state index contributed by atoms with van der Waals surface area (Å²) >= 11 is 0. The smallest absolute Gasteiger partial charge is 0.315 e. The van der Waals surface area contributed by atoms with Crippen LogP contribution in [0.25, 0.3) is 21.9 Å². The maximum absolute atomic E-state index is 12.2. The topological polar surface area (TPSA) is 128 Å². The number of nitrogens with zero attached hydrogens (tertiary/aromatic N) is 4. The Bertz CT molecular complexity index is 1280. The van der Waals surface area contributed by atoms with Crippen molar-refractivity contribution in [3.05, 3.63) is 60.8 Å². The van der Waals surface area contributed by atoms with Gasteiger partial charge in [-0.15, -0.1) is 0 Å². The first-order valence-electron chi connectivity index (χ1n) is 9.12. The summed E-state index contributed by atoms with van der Waals surface area (Å²) in [7, 11) is 1.71. The fourth-order valence-corrected chi connectivity index (χ4v) is 3.12. The number of aryl methyl sites for hydroxylation is 2. The second kappa shape index (κ2) is 7.63. The van der Waals surface area contributed by atoms with Gasteiger partial charge in [-0.25, -0.2) is 4.98 Å². The summed E-state index contributed by atoms with van der Waals surface area (Å²) < 4.78 is 1.52. The Balaban J connectivity index is 1.60. The highest BCUT2D eigenvalue weighted by molar-refractivity contribution is 6.43. The maximum Gasteiger partial charge on any atom is 0.315 e. The highest BCUT2D eigenvalue weighted by Gasteiger charge is 2.16. The van der Waals surface area contributed by atoms with Crippen molar-refractivity contribution in [1.82, 2.24) is 19.7 Å². The number of amides is 2. The van der Waals surface area contributed by atoms with Crippen molar-refractivity contribution in [3.63, 3.8) is 0 Å². The fourth-order valence-electron chi connectivity index (χ4n) is 3.12. The van der Waals surface area contributed by atoms with Gasteiger partial charge in [0.15, 0.2) is 0 Å². The maximum atomic E-state index is 12.2. The van der Waals surface area contributed by atoms with Crippen LogP contribution >= 0.6 is 0 Å². The molecule has 9 heteroatoms. The zero-order chi connectivity index (χ0) is 21.3. The Morgan fingerprint density at radius 2 is 1.87 bits per heavy atom. The summed E-state index contributed by atoms with van der Waals surface area (Å²) in [6.07, 6.45) is 8.12. The molecule has 3 heterocycles. The van der Waals surface area contributed by atoms with E-state index in [1.165, 1.54) is 10.9 Å². The van der Waals surface area contributed by atoms with Crippen molar-refractivity contribution < 1.29 is 9.59 Å². The molecule has 9 nitrogen and oxygen atoms in total. The van der Waals surface area contributed by atoms with Gasteiger partial charge in [-0.3, -0.25) is 19.3 Å². The molecule has 0 unspecified atom stereocenters. The van der Waals surface area contributed by atoms with Crippen molar-refractivity contribution in [3.8, 4) is 11.1 Å². The molecule has 0 aliphatic rings. The summed E-state index contributed by atoms with van der Waals surface area (Å²) in [4.78, 5) is 32.7. The minimum Gasteiger partial charge on any atom is -0.398 e. The Morgan fingerprint density at radius 3 is 2.60 bits per heavy atom. The third-order valence-corrected chi connectivity index (χ3v) is 4.63. The first kappa shape index (κ1) is 19.1. The summed E-state index contributed by atoms with van der Waals surface area (Å²) in [5.74, 6) is -1.41. The van der Waals surface area contributed by atoms with E-state index >= 15 is 0 Å². The average Bonchev–Trinajstić information content (AvgIpc) is 3.12. The minimum absolute atomic E-state index is 0.244. The molecule has 150 valence electrons. The summed E-state index contributed by atoms with van der Waals surface area (Å²) in [5, 5.41) is 10.5. The predicted molar refractivity (Wildman–Crippen MR) is 115 cm³/mol. The largest absolute Gasteiger partial charge is 0.398 e. The zero-order valence-corrected chi connectivity index (χ0v) is 16.4. The number of anilines is 3. The van der Waals surface area contributed by atoms with E-state index in [4.69, 9.17) is 5.73 Å². The summed E-state index contributed by atoms with van der Waals surface area (Å²) in [6.45, 7) is 2.00. The van der Waals surface area contributed by atoms with Crippen LogP contribution in [0.4, 0.5) is 17.2 Å². The molecule has 4 N–H and O–H groups in total. The molecule has 4 rings (SSSR count). The number of pyridine rings is 2. The number of benzene rings is 1. The molecule has 4 aromatic rings. The standard InChI is InChI=1S/C21H19N7O2/c1-12-3-4-23-9-16(12)13-5-14-7-19(24-10-17(14)18(22)6-13)27-21(30)20(29)26-15-8-25-28(2)11-15/h3-11H,22H2,1-2H3,(H,26,29)(H,24,27,30). The van der Waals surface area contributed by atoms with Gasteiger partial charge in [0.25, 0.3) is 0 Å². The molecular formula is C21H19N7O2. The lowest BCUT2D eigenvalue weighted by molar-refractivity contribution is -0.133.